The monoisotopic (exact) mass is 348 g/mol. The van der Waals surface area contributed by atoms with Gasteiger partial charge in [-0.3, -0.25) is 4.79 Å². The third-order valence-electron chi connectivity index (χ3n) is 2.73. The minimum Gasteiger partial charge on any atom is -0.481 e. The van der Waals surface area contributed by atoms with Crippen LogP contribution in [0.25, 0.3) is 11.1 Å². The smallest absolute Gasteiger partial charge is 0.307 e. The molecular weight excluding hydrogens is 342 g/mol. The highest BCUT2D eigenvalue weighted by Gasteiger charge is 2.13. The van der Waals surface area contributed by atoms with Gasteiger partial charge in [0.25, 0.3) is 0 Å². The third-order valence-corrected chi connectivity index (χ3v) is 4.40. The fraction of sp³-hybridized carbons (Fsp3) is 0.0714. The van der Waals surface area contributed by atoms with Gasteiger partial charge in [-0.2, -0.15) is 0 Å². The Morgan fingerprint density at radius 3 is 2.25 bits per heavy atom. The summed E-state index contributed by atoms with van der Waals surface area (Å²) in [5.41, 5.74) is 1.91. The van der Waals surface area contributed by atoms with Crippen LogP contribution in [0.5, 0.6) is 0 Å². The van der Waals surface area contributed by atoms with Gasteiger partial charge in [0.2, 0.25) is 0 Å². The molecule has 0 aromatic heterocycles. The van der Waals surface area contributed by atoms with Crippen molar-refractivity contribution in [2.75, 3.05) is 0 Å². The summed E-state index contributed by atoms with van der Waals surface area (Å²) in [4.78, 5) is 10.8. The molecule has 0 radical (unpaired) electrons. The van der Waals surface area contributed by atoms with E-state index in [1.54, 1.807) is 30.3 Å². The number of aliphatic carboxylic acids is 1. The lowest BCUT2D eigenvalue weighted by atomic mass is 10.0. The lowest BCUT2D eigenvalue weighted by Crippen LogP contribution is -2.01. The average molecular weight is 350 g/mol. The van der Waals surface area contributed by atoms with Gasteiger partial charge in [0.05, 0.1) is 21.5 Å². The topological polar surface area (TPSA) is 37.3 Å². The van der Waals surface area contributed by atoms with Crippen molar-refractivity contribution in [3.05, 3.63) is 56.0 Å². The number of carboxylic acid groups (broad SMARTS) is 1. The van der Waals surface area contributed by atoms with Crippen LogP contribution < -0.4 is 0 Å². The second kappa shape index (κ2) is 6.23. The van der Waals surface area contributed by atoms with Crippen molar-refractivity contribution in [1.29, 1.82) is 0 Å². The van der Waals surface area contributed by atoms with Crippen LogP contribution in [0.1, 0.15) is 5.56 Å². The molecule has 0 aliphatic heterocycles. The molecule has 104 valence electrons. The summed E-state index contributed by atoms with van der Waals surface area (Å²) in [5, 5.41) is 10.2. The third kappa shape index (κ3) is 3.21. The highest BCUT2D eigenvalue weighted by Crippen LogP contribution is 2.38. The summed E-state index contributed by atoms with van der Waals surface area (Å²) in [6.07, 6.45) is -0.161. The van der Waals surface area contributed by atoms with Crippen LogP contribution in [0.4, 0.5) is 0 Å². The van der Waals surface area contributed by atoms with E-state index in [0.29, 0.717) is 26.2 Å². The second-order valence-electron chi connectivity index (χ2n) is 4.10. The van der Waals surface area contributed by atoms with Gasteiger partial charge in [-0.15, -0.1) is 0 Å². The number of carboxylic acids is 1. The fourth-order valence-electron chi connectivity index (χ4n) is 1.79. The Kier molecular flexibility index (Phi) is 4.82. The molecule has 2 aromatic rings. The van der Waals surface area contributed by atoms with E-state index in [4.69, 9.17) is 51.5 Å². The van der Waals surface area contributed by atoms with Crippen molar-refractivity contribution in [2.45, 2.75) is 6.42 Å². The number of carbonyl (C=O) groups is 1. The maximum Gasteiger partial charge on any atom is 0.307 e. The molecule has 0 amide bonds. The van der Waals surface area contributed by atoms with E-state index in [2.05, 4.69) is 0 Å². The summed E-state index contributed by atoms with van der Waals surface area (Å²) in [6, 6.07) is 8.43. The molecule has 6 heteroatoms. The summed E-state index contributed by atoms with van der Waals surface area (Å²) in [6.45, 7) is 0. The van der Waals surface area contributed by atoms with Crippen molar-refractivity contribution in [3.8, 4) is 11.1 Å². The van der Waals surface area contributed by atoms with E-state index in [9.17, 15) is 4.79 Å². The van der Waals surface area contributed by atoms with E-state index in [1.807, 2.05) is 0 Å². The summed E-state index contributed by atoms with van der Waals surface area (Å²) < 4.78 is 0. The van der Waals surface area contributed by atoms with E-state index in [1.165, 1.54) is 0 Å². The molecule has 0 aliphatic rings. The van der Waals surface area contributed by atoms with E-state index < -0.39 is 5.97 Å². The van der Waals surface area contributed by atoms with Crippen LogP contribution in [0.3, 0.4) is 0 Å². The van der Waals surface area contributed by atoms with Crippen molar-refractivity contribution >= 4 is 52.4 Å². The second-order valence-corrected chi connectivity index (χ2v) is 5.67. The SMILES string of the molecule is O=C(O)Cc1cc(-c2ccc(Cl)c(Cl)c2Cl)ccc1Cl. The van der Waals surface area contributed by atoms with Gasteiger partial charge in [-0.05, 0) is 29.3 Å². The predicted octanol–water partition coefficient (Wildman–Crippen LogP) is 5.59. The maximum atomic E-state index is 10.8. The zero-order valence-electron chi connectivity index (χ0n) is 9.96. The Morgan fingerprint density at radius 1 is 0.950 bits per heavy atom. The first-order chi connectivity index (χ1) is 9.40. The largest absolute Gasteiger partial charge is 0.481 e. The number of benzene rings is 2. The molecule has 2 aromatic carbocycles. The minimum absolute atomic E-state index is 0.161. The first-order valence-corrected chi connectivity index (χ1v) is 7.05. The van der Waals surface area contributed by atoms with Crippen molar-refractivity contribution < 1.29 is 9.90 Å². The van der Waals surface area contributed by atoms with Crippen molar-refractivity contribution in [3.63, 3.8) is 0 Å². The zero-order chi connectivity index (χ0) is 14.9. The molecule has 0 heterocycles. The highest BCUT2D eigenvalue weighted by atomic mass is 35.5. The van der Waals surface area contributed by atoms with Crippen LogP contribution in [0, 0.1) is 0 Å². The number of hydrogen-bond acceptors (Lipinski definition) is 1. The number of halogens is 4. The van der Waals surface area contributed by atoms with Gasteiger partial charge in [0, 0.05) is 10.6 Å². The van der Waals surface area contributed by atoms with Gasteiger partial charge in [0.1, 0.15) is 0 Å². The summed E-state index contributed by atoms with van der Waals surface area (Å²) in [7, 11) is 0. The van der Waals surface area contributed by atoms with Gasteiger partial charge >= 0.3 is 5.97 Å². The Hall–Kier alpha value is -0.930. The summed E-state index contributed by atoms with van der Waals surface area (Å²) in [5.74, 6) is -0.954. The van der Waals surface area contributed by atoms with E-state index in [-0.39, 0.29) is 11.4 Å². The van der Waals surface area contributed by atoms with E-state index in [0.717, 1.165) is 5.56 Å². The maximum absolute atomic E-state index is 10.8. The molecule has 2 nitrogen and oxygen atoms in total. The molecule has 0 fully saturated rings. The Morgan fingerprint density at radius 2 is 1.60 bits per heavy atom. The highest BCUT2D eigenvalue weighted by molar-refractivity contribution is 6.49. The van der Waals surface area contributed by atoms with Gasteiger partial charge in [-0.1, -0.05) is 58.5 Å². The molecule has 2 rings (SSSR count). The average Bonchev–Trinajstić information content (AvgIpc) is 2.39. The lowest BCUT2D eigenvalue weighted by Gasteiger charge is -2.10. The first kappa shape index (κ1) is 15.5. The van der Waals surface area contributed by atoms with Crippen molar-refractivity contribution in [1.82, 2.24) is 0 Å². The molecule has 0 unspecified atom stereocenters. The molecule has 0 aliphatic carbocycles. The van der Waals surface area contributed by atoms with Gasteiger partial charge < -0.3 is 5.11 Å². The van der Waals surface area contributed by atoms with Crippen LogP contribution in [-0.4, -0.2) is 11.1 Å². The Labute approximate surface area is 135 Å². The van der Waals surface area contributed by atoms with Gasteiger partial charge in [0.15, 0.2) is 0 Å². The molecule has 0 bridgehead atoms. The Bertz CT molecular complexity index is 683. The minimum atomic E-state index is -0.954. The molecule has 0 atom stereocenters. The molecule has 0 saturated carbocycles. The van der Waals surface area contributed by atoms with Crippen LogP contribution in [0.15, 0.2) is 30.3 Å². The van der Waals surface area contributed by atoms with Gasteiger partial charge in [-0.25, -0.2) is 0 Å². The quantitative estimate of drug-likeness (QED) is 0.733. The lowest BCUT2D eigenvalue weighted by molar-refractivity contribution is -0.136. The molecule has 0 saturated heterocycles. The molecule has 20 heavy (non-hydrogen) atoms. The fourth-order valence-corrected chi connectivity index (χ4v) is 2.62. The first-order valence-electron chi connectivity index (χ1n) is 5.54. The van der Waals surface area contributed by atoms with E-state index >= 15 is 0 Å². The standard InChI is InChI=1S/C14H8Cl4O2/c15-10-3-1-7(5-8(10)6-12(19)20)9-2-4-11(16)14(18)13(9)17/h1-5H,6H2,(H,19,20). The molecule has 0 spiro atoms. The van der Waals surface area contributed by atoms with Crippen LogP contribution >= 0.6 is 46.4 Å². The normalized spacial score (nSPS) is 10.6. The number of hydrogen-bond donors (Lipinski definition) is 1. The molecule has 1 N–H and O–H groups in total. The molecular formula is C14H8Cl4O2. The Balaban J connectivity index is 2.54. The van der Waals surface area contributed by atoms with Crippen molar-refractivity contribution in [2.24, 2.45) is 0 Å². The number of rotatable bonds is 3. The zero-order valence-corrected chi connectivity index (χ0v) is 13.0. The van der Waals surface area contributed by atoms with Crippen LogP contribution in [-0.2, 0) is 11.2 Å². The summed E-state index contributed by atoms with van der Waals surface area (Å²) >= 11 is 24.0. The van der Waals surface area contributed by atoms with Crippen LogP contribution in [0.2, 0.25) is 20.1 Å². The predicted molar refractivity (Wildman–Crippen MR) is 83.3 cm³/mol.